The first-order valence-corrected chi connectivity index (χ1v) is 6.32. The van der Waals surface area contributed by atoms with E-state index >= 15 is 0 Å². The van der Waals surface area contributed by atoms with Crippen LogP contribution in [0.5, 0.6) is 0 Å². The minimum Gasteiger partial charge on any atom is -0.237 e. The highest BCUT2D eigenvalue weighted by atomic mass is 79.9. The zero-order valence-electron chi connectivity index (χ0n) is 8.92. The van der Waals surface area contributed by atoms with Crippen LogP contribution in [0.2, 0.25) is 0 Å². The number of hydrogen-bond donors (Lipinski definition) is 0. The van der Waals surface area contributed by atoms with Crippen LogP contribution >= 0.6 is 15.9 Å². The summed E-state index contributed by atoms with van der Waals surface area (Å²) in [5.41, 5.74) is 2.98. The van der Waals surface area contributed by atoms with Crippen LogP contribution in [0, 0.1) is 0 Å². The van der Waals surface area contributed by atoms with Crippen LogP contribution in [-0.2, 0) is 5.33 Å². The minimum absolute atomic E-state index is 0.781. The van der Waals surface area contributed by atoms with Gasteiger partial charge in [-0.15, -0.1) is 5.10 Å². The number of hydrogen-bond acceptors (Lipinski definition) is 3. The number of para-hydroxylation sites is 1. The van der Waals surface area contributed by atoms with Crippen molar-refractivity contribution in [2.45, 2.75) is 5.33 Å². The van der Waals surface area contributed by atoms with Gasteiger partial charge in [-0.25, -0.2) is 4.98 Å². The predicted molar refractivity (Wildman–Crippen MR) is 69.3 cm³/mol. The summed E-state index contributed by atoms with van der Waals surface area (Å²) in [5, 5.41) is 9.02. The van der Waals surface area contributed by atoms with Crippen LogP contribution in [0.1, 0.15) is 5.56 Å². The molecule has 0 N–H and O–H groups in total. The first-order chi connectivity index (χ1) is 8.38. The Morgan fingerprint density at radius 3 is 2.76 bits per heavy atom. The van der Waals surface area contributed by atoms with Gasteiger partial charge in [-0.2, -0.15) is 4.68 Å². The van der Waals surface area contributed by atoms with Crippen LogP contribution in [0.3, 0.4) is 0 Å². The highest BCUT2D eigenvalue weighted by Crippen LogP contribution is 2.14. The van der Waals surface area contributed by atoms with Crippen molar-refractivity contribution in [1.82, 2.24) is 20.0 Å². The fourth-order valence-corrected chi connectivity index (χ4v) is 1.99. The lowest BCUT2D eigenvalue weighted by Gasteiger charge is -2.01. The van der Waals surface area contributed by atoms with E-state index in [0.29, 0.717) is 0 Å². The molecule has 4 nitrogen and oxygen atoms in total. The van der Waals surface area contributed by atoms with Crippen molar-refractivity contribution in [2.75, 3.05) is 0 Å². The third-order valence-corrected chi connectivity index (χ3v) is 3.18. The molecular weight excluding hydrogens is 280 g/mol. The zero-order chi connectivity index (χ0) is 11.7. The molecule has 2 heterocycles. The summed E-state index contributed by atoms with van der Waals surface area (Å²) in [7, 11) is 0. The molecule has 17 heavy (non-hydrogen) atoms. The van der Waals surface area contributed by atoms with E-state index in [-0.39, 0.29) is 0 Å². The van der Waals surface area contributed by atoms with Crippen LogP contribution < -0.4 is 0 Å². The fourth-order valence-electron chi connectivity index (χ4n) is 1.66. The molecule has 0 aliphatic rings. The molecule has 0 atom stereocenters. The third kappa shape index (κ3) is 1.82. The van der Waals surface area contributed by atoms with E-state index in [9.17, 15) is 0 Å². The van der Waals surface area contributed by atoms with Crippen LogP contribution in [0.4, 0.5) is 0 Å². The summed E-state index contributed by atoms with van der Waals surface area (Å²) in [6.45, 7) is 0. The van der Waals surface area contributed by atoms with Gasteiger partial charge < -0.3 is 0 Å². The summed E-state index contributed by atoms with van der Waals surface area (Å²) in [4.78, 5) is 4.37. The summed E-state index contributed by atoms with van der Waals surface area (Å²) in [6, 6.07) is 11.8. The Balaban J connectivity index is 2.13. The molecule has 3 rings (SSSR count). The maximum atomic E-state index is 4.37. The van der Waals surface area contributed by atoms with Crippen molar-refractivity contribution >= 4 is 27.0 Å². The van der Waals surface area contributed by atoms with Gasteiger partial charge >= 0.3 is 0 Å². The lowest BCUT2D eigenvalue weighted by molar-refractivity contribution is 0.800. The van der Waals surface area contributed by atoms with E-state index in [0.717, 1.165) is 27.7 Å². The van der Waals surface area contributed by atoms with E-state index < -0.39 is 0 Å². The van der Waals surface area contributed by atoms with Gasteiger partial charge in [0.1, 0.15) is 5.52 Å². The second kappa shape index (κ2) is 4.25. The van der Waals surface area contributed by atoms with Gasteiger partial charge in [-0.1, -0.05) is 39.3 Å². The topological polar surface area (TPSA) is 43.6 Å². The van der Waals surface area contributed by atoms with Gasteiger partial charge in [0.2, 0.25) is 0 Å². The Kier molecular flexibility index (Phi) is 2.60. The molecule has 0 radical (unpaired) electrons. The van der Waals surface area contributed by atoms with E-state index in [1.807, 2.05) is 42.6 Å². The Bertz CT molecular complexity index is 645. The quantitative estimate of drug-likeness (QED) is 0.681. The number of fused-ring (bicyclic) bond motifs is 1. The average molecular weight is 289 g/mol. The summed E-state index contributed by atoms with van der Waals surface area (Å²) < 4.78 is 1.74. The predicted octanol–water partition coefficient (Wildman–Crippen LogP) is 2.71. The molecule has 0 aliphatic heterocycles. The minimum atomic E-state index is 0.781. The Morgan fingerprint density at radius 2 is 2.00 bits per heavy atom. The van der Waals surface area contributed by atoms with E-state index in [4.69, 9.17) is 0 Å². The average Bonchev–Trinajstić information content (AvgIpc) is 2.83. The van der Waals surface area contributed by atoms with Crippen molar-refractivity contribution in [3.63, 3.8) is 0 Å². The molecule has 84 valence electrons. The lowest BCUT2D eigenvalue weighted by atomic mass is 10.3. The molecule has 0 unspecified atom stereocenters. The van der Waals surface area contributed by atoms with Gasteiger partial charge in [0.05, 0.1) is 5.52 Å². The van der Waals surface area contributed by atoms with Gasteiger partial charge in [0.15, 0.2) is 5.82 Å². The van der Waals surface area contributed by atoms with Gasteiger partial charge in [-0.3, -0.25) is 0 Å². The highest BCUT2D eigenvalue weighted by molar-refractivity contribution is 9.08. The number of rotatable bonds is 2. The third-order valence-electron chi connectivity index (χ3n) is 2.53. The largest absolute Gasteiger partial charge is 0.237 e. The lowest BCUT2D eigenvalue weighted by Crippen LogP contribution is -1.99. The summed E-state index contributed by atoms with van der Waals surface area (Å²) in [5.74, 6) is 0.781. The Hall–Kier alpha value is -1.75. The number of pyridine rings is 1. The van der Waals surface area contributed by atoms with Crippen molar-refractivity contribution in [3.05, 3.63) is 48.2 Å². The zero-order valence-corrected chi connectivity index (χ0v) is 10.5. The molecule has 0 saturated heterocycles. The van der Waals surface area contributed by atoms with Gasteiger partial charge in [0.25, 0.3) is 0 Å². The van der Waals surface area contributed by atoms with E-state index in [1.165, 1.54) is 0 Å². The normalized spacial score (nSPS) is 10.9. The SMILES string of the molecule is BrCc1ccc(-n2nnc3ccccc32)nc1. The number of aromatic nitrogens is 4. The Labute approximate surface area is 106 Å². The molecule has 0 spiro atoms. The second-order valence-corrected chi connectivity index (χ2v) is 4.21. The van der Waals surface area contributed by atoms with Crippen molar-refractivity contribution in [1.29, 1.82) is 0 Å². The molecule has 0 saturated carbocycles. The molecule has 0 fully saturated rings. The number of nitrogens with zero attached hydrogens (tertiary/aromatic N) is 4. The fraction of sp³-hybridized carbons (Fsp3) is 0.0833. The number of alkyl halides is 1. The van der Waals surface area contributed by atoms with Crippen molar-refractivity contribution in [2.24, 2.45) is 0 Å². The number of benzene rings is 1. The molecule has 3 aromatic rings. The second-order valence-electron chi connectivity index (χ2n) is 3.65. The molecule has 0 bridgehead atoms. The maximum Gasteiger partial charge on any atom is 0.155 e. The molecule has 5 heteroatoms. The molecule has 0 amide bonds. The van der Waals surface area contributed by atoms with E-state index in [1.54, 1.807) is 4.68 Å². The summed E-state index contributed by atoms with van der Waals surface area (Å²) >= 11 is 3.40. The molecule has 2 aromatic heterocycles. The summed E-state index contributed by atoms with van der Waals surface area (Å²) in [6.07, 6.45) is 1.83. The number of halogens is 1. The van der Waals surface area contributed by atoms with E-state index in [2.05, 4.69) is 31.2 Å². The monoisotopic (exact) mass is 288 g/mol. The first kappa shape index (κ1) is 10.4. The van der Waals surface area contributed by atoms with Gasteiger partial charge in [0, 0.05) is 11.5 Å². The van der Waals surface area contributed by atoms with Crippen molar-refractivity contribution in [3.8, 4) is 5.82 Å². The molecular formula is C12H9BrN4. The van der Waals surface area contributed by atoms with Crippen LogP contribution in [0.25, 0.3) is 16.9 Å². The first-order valence-electron chi connectivity index (χ1n) is 5.20. The Morgan fingerprint density at radius 1 is 1.12 bits per heavy atom. The molecule has 0 aliphatic carbocycles. The highest BCUT2D eigenvalue weighted by Gasteiger charge is 2.06. The molecule has 1 aromatic carbocycles. The van der Waals surface area contributed by atoms with Crippen LogP contribution in [0.15, 0.2) is 42.6 Å². The van der Waals surface area contributed by atoms with Crippen molar-refractivity contribution < 1.29 is 0 Å². The smallest absolute Gasteiger partial charge is 0.155 e. The van der Waals surface area contributed by atoms with Gasteiger partial charge in [-0.05, 0) is 23.8 Å². The van der Waals surface area contributed by atoms with Crippen LogP contribution in [-0.4, -0.2) is 20.0 Å². The maximum absolute atomic E-state index is 4.37. The standard InChI is InChI=1S/C12H9BrN4/c13-7-9-5-6-12(14-8-9)17-11-4-2-1-3-10(11)15-16-17/h1-6,8H,7H2.